The number of carbonyl (C=O) groups is 1. The number of hydrogen-bond acceptors (Lipinski definition) is 3. The standard InChI is InChI=1S/C9H16N2O3/c1-9(2)7(14-4)6(5-11(9)13)8(12)10-3/h5-7H,1-4H3,(H,10,12). The highest BCUT2D eigenvalue weighted by Crippen LogP contribution is 2.28. The Morgan fingerprint density at radius 1 is 1.64 bits per heavy atom. The Morgan fingerprint density at radius 2 is 2.21 bits per heavy atom. The quantitative estimate of drug-likeness (QED) is 0.493. The van der Waals surface area contributed by atoms with Crippen molar-refractivity contribution in [1.82, 2.24) is 5.32 Å². The minimum Gasteiger partial charge on any atom is -0.624 e. The fraction of sp³-hybridized carbons (Fsp3) is 0.778. The first-order chi connectivity index (χ1) is 6.45. The molecule has 1 heterocycles. The molecule has 0 aromatic rings. The van der Waals surface area contributed by atoms with Gasteiger partial charge in [0.1, 0.15) is 12.0 Å². The summed E-state index contributed by atoms with van der Waals surface area (Å²) in [4.78, 5) is 11.4. The van der Waals surface area contributed by atoms with Crippen molar-refractivity contribution >= 4 is 12.1 Å². The number of hydrogen-bond donors (Lipinski definition) is 1. The number of amides is 1. The van der Waals surface area contributed by atoms with Gasteiger partial charge in [0.15, 0.2) is 11.8 Å². The second-order valence-corrected chi connectivity index (χ2v) is 3.92. The molecule has 5 heteroatoms. The molecule has 2 atom stereocenters. The molecule has 0 saturated heterocycles. The van der Waals surface area contributed by atoms with E-state index in [9.17, 15) is 10.0 Å². The van der Waals surface area contributed by atoms with Gasteiger partial charge in [-0.25, -0.2) is 4.74 Å². The van der Waals surface area contributed by atoms with Gasteiger partial charge in [-0.3, -0.25) is 4.79 Å². The Bertz CT molecular complexity index is 273. The van der Waals surface area contributed by atoms with Crippen molar-refractivity contribution in [2.75, 3.05) is 14.2 Å². The van der Waals surface area contributed by atoms with Crippen molar-refractivity contribution in [1.29, 1.82) is 0 Å². The maximum absolute atomic E-state index is 11.5. The van der Waals surface area contributed by atoms with Gasteiger partial charge in [-0.1, -0.05) is 0 Å². The summed E-state index contributed by atoms with van der Waals surface area (Å²) >= 11 is 0. The first-order valence-corrected chi connectivity index (χ1v) is 4.51. The van der Waals surface area contributed by atoms with Crippen LogP contribution in [0.4, 0.5) is 0 Å². The van der Waals surface area contributed by atoms with Crippen molar-refractivity contribution in [3.05, 3.63) is 5.21 Å². The Hall–Kier alpha value is -1.10. The summed E-state index contributed by atoms with van der Waals surface area (Å²) in [6.07, 6.45) is 0.965. The highest BCUT2D eigenvalue weighted by molar-refractivity contribution is 5.93. The molecule has 2 unspecified atom stereocenters. The lowest BCUT2D eigenvalue weighted by Gasteiger charge is -2.26. The summed E-state index contributed by atoms with van der Waals surface area (Å²) in [6, 6.07) is 0. The first-order valence-electron chi connectivity index (χ1n) is 4.51. The topological polar surface area (TPSA) is 64.4 Å². The van der Waals surface area contributed by atoms with Gasteiger partial charge in [-0.15, -0.1) is 0 Å². The fourth-order valence-electron chi connectivity index (χ4n) is 1.79. The van der Waals surface area contributed by atoms with Crippen molar-refractivity contribution in [3.63, 3.8) is 0 Å². The molecule has 1 amide bonds. The third-order valence-electron chi connectivity index (χ3n) is 2.69. The van der Waals surface area contributed by atoms with Crippen molar-refractivity contribution in [2.24, 2.45) is 5.92 Å². The maximum atomic E-state index is 11.5. The predicted molar refractivity (Wildman–Crippen MR) is 52.1 cm³/mol. The van der Waals surface area contributed by atoms with Gasteiger partial charge in [0.05, 0.1) is 0 Å². The Kier molecular flexibility index (Phi) is 2.80. The molecular weight excluding hydrogens is 184 g/mol. The van der Waals surface area contributed by atoms with E-state index >= 15 is 0 Å². The Morgan fingerprint density at radius 3 is 2.64 bits per heavy atom. The molecule has 0 fully saturated rings. The molecule has 14 heavy (non-hydrogen) atoms. The Balaban J connectivity index is 2.95. The predicted octanol–water partition coefficient (Wildman–Crippen LogP) is -0.263. The zero-order valence-electron chi connectivity index (χ0n) is 8.90. The summed E-state index contributed by atoms with van der Waals surface area (Å²) in [7, 11) is 3.05. The van der Waals surface area contributed by atoms with E-state index in [-0.39, 0.29) is 5.91 Å². The van der Waals surface area contributed by atoms with E-state index in [1.807, 2.05) is 0 Å². The molecule has 0 aromatic carbocycles. The summed E-state index contributed by atoms with van der Waals surface area (Å²) in [5.41, 5.74) is -0.689. The van der Waals surface area contributed by atoms with Gasteiger partial charge in [-0.2, -0.15) is 0 Å². The lowest BCUT2D eigenvalue weighted by molar-refractivity contribution is -0.538. The van der Waals surface area contributed by atoms with E-state index in [4.69, 9.17) is 4.74 Å². The van der Waals surface area contributed by atoms with Crippen LogP contribution in [0.3, 0.4) is 0 Å². The molecule has 0 aromatic heterocycles. The summed E-state index contributed by atoms with van der Waals surface area (Å²) in [5.74, 6) is -0.694. The van der Waals surface area contributed by atoms with Crippen LogP contribution in [0.5, 0.6) is 0 Å². The lowest BCUT2D eigenvalue weighted by Crippen LogP contribution is -2.46. The number of nitrogens with zero attached hydrogens (tertiary/aromatic N) is 1. The molecule has 1 aliphatic rings. The summed E-state index contributed by atoms with van der Waals surface area (Å²) < 4.78 is 5.99. The smallest absolute Gasteiger partial charge is 0.235 e. The average molecular weight is 200 g/mol. The molecule has 1 rings (SSSR count). The molecule has 0 spiro atoms. The number of ether oxygens (including phenoxy) is 1. The molecule has 0 aliphatic carbocycles. The second-order valence-electron chi connectivity index (χ2n) is 3.92. The highest BCUT2D eigenvalue weighted by Gasteiger charge is 2.51. The van der Waals surface area contributed by atoms with E-state index in [1.165, 1.54) is 13.3 Å². The van der Waals surface area contributed by atoms with Crippen LogP contribution in [0, 0.1) is 11.1 Å². The second kappa shape index (κ2) is 3.57. The van der Waals surface area contributed by atoms with Crippen LogP contribution in [0.1, 0.15) is 13.8 Å². The third kappa shape index (κ3) is 1.48. The van der Waals surface area contributed by atoms with Crippen molar-refractivity contribution in [3.8, 4) is 0 Å². The molecule has 5 nitrogen and oxygen atoms in total. The van der Waals surface area contributed by atoms with Gasteiger partial charge in [0.2, 0.25) is 5.91 Å². The van der Waals surface area contributed by atoms with Gasteiger partial charge in [0.25, 0.3) is 0 Å². The maximum Gasteiger partial charge on any atom is 0.235 e. The van der Waals surface area contributed by atoms with Crippen LogP contribution >= 0.6 is 0 Å². The molecule has 1 N–H and O–H groups in total. The van der Waals surface area contributed by atoms with Crippen LogP contribution in [0.25, 0.3) is 0 Å². The average Bonchev–Trinajstić information content (AvgIpc) is 2.37. The van der Waals surface area contributed by atoms with Crippen LogP contribution in [0.15, 0.2) is 0 Å². The fourth-order valence-corrected chi connectivity index (χ4v) is 1.79. The molecule has 0 bridgehead atoms. The number of hydroxylamine groups is 1. The van der Waals surface area contributed by atoms with E-state index in [2.05, 4.69) is 5.32 Å². The normalized spacial score (nSPS) is 29.9. The minimum atomic E-state index is -0.689. The van der Waals surface area contributed by atoms with Crippen LogP contribution in [-0.2, 0) is 9.53 Å². The lowest BCUT2D eigenvalue weighted by atomic mass is 9.91. The van der Waals surface area contributed by atoms with E-state index in [0.29, 0.717) is 0 Å². The van der Waals surface area contributed by atoms with Crippen LogP contribution < -0.4 is 5.32 Å². The first kappa shape index (κ1) is 11.0. The third-order valence-corrected chi connectivity index (χ3v) is 2.69. The zero-order chi connectivity index (χ0) is 10.9. The SMILES string of the molecule is CNC(=O)C1C=[N+]([O-])C(C)(C)C1OC. The summed E-state index contributed by atoms with van der Waals surface area (Å²) in [6.45, 7) is 3.52. The molecule has 0 saturated carbocycles. The van der Waals surface area contributed by atoms with E-state index in [0.717, 1.165) is 4.74 Å². The van der Waals surface area contributed by atoms with Crippen LogP contribution in [-0.4, -0.2) is 42.7 Å². The Labute approximate surface area is 83.3 Å². The monoisotopic (exact) mass is 200 g/mol. The molecule has 80 valence electrons. The van der Waals surface area contributed by atoms with E-state index < -0.39 is 17.6 Å². The van der Waals surface area contributed by atoms with E-state index in [1.54, 1.807) is 20.9 Å². The van der Waals surface area contributed by atoms with Gasteiger partial charge in [-0.05, 0) is 0 Å². The molecular formula is C9H16N2O3. The molecule has 0 radical (unpaired) electrons. The van der Waals surface area contributed by atoms with Crippen molar-refractivity contribution in [2.45, 2.75) is 25.5 Å². The molecule has 1 aliphatic heterocycles. The highest BCUT2D eigenvalue weighted by atomic mass is 16.5. The number of rotatable bonds is 2. The van der Waals surface area contributed by atoms with Crippen molar-refractivity contribution < 1.29 is 14.3 Å². The zero-order valence-corrected chi connectivity index (χ0v) is 8.90. The summed E-state index contributed by atoms with van der Waals surface area (Å²) in [5, 5.41) is 14.0. The van der Waals surface area contributed by atoms with Crippen LogP contribution in [0.2, 0.25) is 0 Å². The van der Waals surface area contributed by atoms with Gasteiger partial charge in [0, 0.05) is 28.0 Å². The minimum absolute atomic E-state index is 0.191. The number of methoxy groups -OCH3 is 1. The van der Waals surface area contributed by atoms with Gasteiger partial charge < -0.3 is 15.3 Å². The largest absolute Gasteiger partial charge is 0.624 e. The van der Waals surface area contributed by atoms with Gasteiger partial charge >= 0.3 is 0 Å². The number of carbonyl (C=O) groups excluding carboxylic acids is 1. The number of nitrogens with one attached hydrogen (secondary N) is 1.